The molecule has 0 fully saturated rings. The zero-order valence-corrected chi connectivity index (χ0v) is 12.2. The Morgan fingerprint density at radius 2 is 2.00 bits per heavy atom. The maximum Gasteiger partial charge on any atom is 0.128 e. The van der Waals surface area contributed by atoms with Gasteiger partial charge in [0.15, 0.2) is 0 Å². The van der Waals surface area contributed by atoms with Crippen LogP contribution in [0.5, 0.6) is 0 Å². The molecule has 0 amide bonds. The monoisotopic (exact) mass is 276 g/mol. The molecule has 2 aromatic rings. The molecular weight excluding hydrogens is 255 g/mol. The first-order valence-electron chi connectivity index (χ1n) is 6.78. The predicted octanol–water partition coefficient (Wildman–Crippen LogP) is 3.03. The summed E-state index contributed by atoms with van der Waals surface area (Å²) in [5.74, 6) is -0.268. The van der Waals surface area contributed by atoms with Crippen molar-refractivity contribution in [1.29, 1.82) is 0 Å². The highest BCUT2D eigenvalue weighted by Gasteiger charge is 2.05. The molecule has 5 heteroatoms. The Morgan fingerprint density at radius 3 is 2.65 bits per heavy atom. The maximum atomic E-state index is 13.3. The van der Waals surface area contributed by atoms with Gasteiger partial charge in [0.2, 0.25) is 0 Å². The zero-order valence-electron chi connectivity index (χ0n) is 12.2. The van der Waals surface area contributed by atoms with Gasteiger partial charge < -0.3 is 11.1 Å². The van der Waals surface area contributed by atoms with Crippen molar-refractivity contribution in [2.45, 2.75) is 33.7 Å². The summed E-state index contributed by atoms with van der Waals surface area (Å²) in [7, 11) is 0. The van der Waals surface area contributed by atoms with Crippen LogP contribution < -0.4 is 11.1 Å². The number of nitrogens with one attached hydrogen (secondary N) is 1. The van der Waals surface area contributed by atoms with Gasteiger partial charge in [-0.25, -0.2) is 4.39 Å². The Kier molecular flexibility index (Phi) is 4.27. The predicted molar refractivity (Wildman–Crippen MR) is 80.4 cm³/mol. The molecule has 2 rings (SSSR count). The molecular formula is C15H21FN4. The fourth-order valence-electron chi connectivity index (χ4n) is 2.20. The SMILES string of the molecule is Cc1cc(C)n(CCCNc2cc(C)c(F)cc2N)n1. The number of nitrogens with zero attached hydrogens (tertiary/aromatic N) is 2. The van der Waals surface area contributed by atoms with E-state index in [4.69, 9.17) is 5.73 Å². The summed E-state index contributed by atoms with van der Waals surface area (Å²) in [5.41, 5.74) is 9.82. The van der Waals surface area contributed by atoms with E-state index in [1.165, 1.54) is 11.8 Å². The van der Waals surface area contributed by atoms with Gasteiger partial charge in [-0.1, -0.05) is 0 Å². The van der Waals surface area contributed by atoms with Gasteiger partial charge in [-0.3, -0.25) is 4.68 Å². The number of aryl methyl sites for hydroxylation is 4. The summed E-state index contributed by atoms with van der Waals surface area (Å²) in [5, 5.41) is 7.66. The number of aromatic nitrogens is 2. The summed E-state index contributed by atoms with van der Waals surface area (Å²) >= 11 is 0. The highest BCUT2D eigenvalue weighted by atomic mass is 19.1. The first-order chi connectivity index (χ1) is 9.47. The van der Waals surface area contributed by atoms with Gasteiger partial charge in [-0.2, -0.15) is 5.10 Å². The van der Waals surface area contributed by atoms with Crippen molar-refractivity contribution in [2.75, 3.05) is 17.6 Å². The second kappa shape index (κ2) is 5.94. The summed E-state index contributed by atoms with van der Waals surface area (Å²) in [6.45, 7) is 7.40. The number of hydrogen-bond donors (Lipinski definition) is 2. The van der Waals surface area contributed by atoms with Gasteiger partial charge in [0.1, 0.15) is 5.82 Å². The van der Waals surface area contributed by atoms with Crippen molar-refractivity contribution >= 4 is 11.4 Å². The van der Waals surface area contributed by atoms with Crippen molar-refractivity contribution in [3.63, 3.8) is 0 Å². The van der Waals surface area contributed by atoms with E-state index in [2.05, 4.69) is 23.4 Å². The molecule has 108 valence electrons. The van der Waals surface area contributed by atoms with E-state index in [9.17, 15) is 4.39 Å². The molecule has 20 heavy (non-hydrogen) atoms. The Bertz CT molecular complexity index is 604. The van der Waals surface area contributed by atoms with Crippen LogP contribution in [0.25, 0.3) is 0 Å². The summed E-state index contributed by atoms with van der Waals surface area (Å²) < 4.78 is 15.3. The van der Waals surface area contributed by atoms with Crippen LogP contribution in [0, 0.1) is 26.6 Å². The number of anilines is 2. The van der Waals surface area contributed by atoms with E-state index in [1.54, 1.807) is 13.0 Å². The second-order valence-electron chi connectivity index (χ2n) is 5.12. The van der Waals surface area contributed by atoms with Crippen LogP contribution >= 0.6 is 0 Å². The molecule has 0 aliphatic carbocycles. The highest BCUT2D eigenvalue weighted by molar-refractivity contribution is 5.67. The number of nitrogens with two attached hydrogens (primary N) is 1. The van der Waals surface area contributed by atoms with Crippen LogP contribution in [0.2, 0.25) is 0 Å². The summed E-state index contributed by atoms with van der Waals surface area (Å²) in [6, 6.07) is 5.17. The molecule has 0 saturated carbocycles. The molecule has 0 unspecified atom stereocenters. The third-order valence-electron chi connectivity index (χ3n) is 3.30. The molecule has 0 aliphatic heterocycles. The van der Waals surface area contributed by atoms with Crippen LogP contribution in [0.15, 0.2) is 18.2 Å². The summed E-state index contributed by atoms with van der Waals surface area (Å²) in [6.07, 6.45) is 0.928. The third kappa shape index (κ3) is 3.29. The quantitative estimate of drug-likeness (QED) is 0.652. The van der Waals surface area contributed by atoms with E-state index in [-0.39, 0.29) is 5.82 Å². The van der Waals surface area contributed by atoms with E-state index in [0.29, 0.717) is 11.3 Å². The van der Waals surface area contributed by atoms with Crippen molar-refractivity contribution in [2.24, 2.45) is 0 Å². The number of hydrogen-bond acceptors (Lipinski definition) is 3. The lowest BCUT2D eigenvalue weighted by molar-refractivity contribution is 0.573. The maximum absolute atomic E-state index is 13.3. The van der Waals surface area contributed by atoms with Crippen LogP contribution in [0.3, 0.4) is 0 Å². The van der Waals surface area contributed by atoms with E-state index in [0.717, 1.165) is 30.9 Å². The van der Waals surface area contributed by atoms with Crippen LogP contribution in [-0.2, 0) is 6.54 Å². The molecule has 3 N–H and O–H groups in total. The standard InChI is InChI=1S/C15H21FN4/c1-10-7-15(14(17)9-13(10)16)18-5-4-6-20-12(3)8-11(2)19-20/h7-9,18H,4-6,17H2,1-3H3. The number of rotatable bonds is 5. The summed E-state index contributed by atoms with van der Waals surface area (Å²) in [4.78, 5) is 0. The first kappa shape index (κ1) is 14.4. The van der Waals surface area contributed by atoms with Crippen molar-refractivity contribution in [3.05, 3.63) is 41.0 Å². The van der Waals surface area contributed by atoms with E-state index in [1.807, 2.05) is 11.6 Å². The van der Waals surface area contributed by atoms with Gasteiger partial charge >= 0.3 is 0 Å². The highest BCUT2D eigenvalue weighted by Crippen LogP contribution is 2.22. The van der Waals surface area contributed by atoms with Gasteiger partial charge in [-0.05, 0) is 51.0 Å². The average Bonchev–Trinajstić information content (AvgIpc) is 2.69. The lowest BCUT2D eigenvalue weighted by Crippen LogP contribution is -2.10. The van der Waals surface area contributed by atoms with E-state index >= 15 is 0 Å². The molecule has 0 bridgehead atoms. The van der Waals surface area contributed by atoms with Gasteiger partial charge in [0, 0.05) is 18.8 Å². The molecule has 0 aliphatic rings. The first-order valence-corrected chi connectivity index (χ1v) is 6.78. The van der Waals surface area contributed by atoms with Gasteiger partial charge in [-0.15, -0.1) is 0 Å². The van der Waals surface area contributed by atoms with Crippen molar-refractivity contribution < 1.29 is 4.39 Å². The minimum Gasteiger partial charge on any atom is -0.397 e. The average molecular weight is 276 g/mol. The Balaban J connectivity index is 1.87. The molecule has 0 radical (unpaired) electrons. The Morgan fingerprint density at radius 1 is 1.25 bits per heavy atom. The Hall–Kier alpha value is -2.04. The fourth-order valence-corrected chi connectivity index (χ4v) is 2.20. The van der Waals surface area contributed by atoms with Gasteiger partial charge in [0.05, 0.1) is 17.1 Å². The lowest BCUT2D eigenvalue weighted by atomic mass is 10.2. The minimum atomic E-state index is -0.268. The van der Waals surface area contributed by atoms with Crippen molar-refractivity contribution in [3.8, 4) is 0 Å². The second-order valence-corrected chi connectivity index (χ2v) is 5.12. The third-order valence-corrected chi connectivity index (χ3v) is 3.30. The lowest BCUT2D eigenvalue weighted by Gasteiger charge is -2.11. The van der Waals surface area contributed by atoms with Crippen LogP contribution in [-0.4, -0.2) is 16.3 Å². The normalized spacial score (nSPS) is 10.8. The Labute approximate surface area is 118 Å². The smallest absolute Gasteiger partial charge is 0.128 e. The topological polar surface area (TPSA) is 55.9 Å². The molecule has 1 aromatic carbocycles. The molecule has 1 heterocycles. The molecule has 0 atom stereocenters. The van der Waals surface area contributed by atoms with Crippen LogP contribution in [0.1, 0.15) is 23.4 Å². The molecule has 0 saturated heterocycles. The van der Waals surface area contributed by atoms with Crippen LogP contribution in [0.4, 0.5) is 15.8 Å². The number of benzene rings is 1. The number of halogens is 1. The van der Waals surface area contributed by atoms with Crippen molar-refractivity contribution in [1.82, 2.24) is 9.78 Å². The number of nitrogen functional groups attached to an aromatic ring is 1. The zero-order chi connectivity index (χ0) is 14.7. The minimum absolute atomic E-state index is 0.268. The fraction of sp³-hybridized carbons (Fsp3) is 0.400. The molecule has 4 nitrogen and oxygen atoms in total. The molecule has 0 spiro atoms. The molecule has 1 aromatic heterocycles. The van der Waals surface area contributed by atoms with Gasteiger partial charge in [0.25, 0.3) is 0 Å². The largest absolute Gasteiger partial charge is 0.397 e. The van der Waals surface area contributed by atoms with E-state index < -0.39 is 0 Å².